The monoisotopic (exact) mass is 634 g/mol. The number of nitrogens with one attached hydrogen (secondary N) is 1. The maximum absolute atomic E-state index is 17.5. The van der Waals surface area contributed by atoms with Crippen molar-refractivity contribution in [2.45, 2.75) is 83.5 Å². The number of fused-ring (bicyclic) bond motifs is 5. The molecular weight excluding hydrogens is 598 g/mol. The van der Waals surface area contributed by atoms with Crippen LogP contribution in [0.3, 0.4) is 0 Å². The van der Waals surface area contributed by atoms with E-state index in [1.54, 1.807) is 13.8 Å². The van der Waals surface area contributed by atoms with Gasteiger partial charge in [0.05, 0.1) is 18.1 Å². The number of H-pyrrole nitrogens is 1. The first-order chi connectivity index (χ1) is 20.8. The minimum atomic E-state index is -2.17. The molecule has 8 atom stereocenters. The Bertz CT molecular complexity index is 1640. The van der Waals surface area contributed by atoms with Gasteiger partial charge >= 0.3 is 11.7 Å². The number of ether oxygens (including phenoxy) is 2. The summed E-state index contributed by atoms with van der Waals surface area (Å²) in [7, 11) is 0. The number of hydrogen-bond donors (Lipinski definition) is 3. The van der Waals surface area contributed by atoms with E-state index < -0.39 is 100 Å². The number of carbonyl (C=O) groups excluding carboxylic acids is 4. The van der Waals surface area contributed by atoms with Gasteiger partial charge in [-0.25, -0.2) is 9.18 Å². The zero-order chi connectivity index (χ0) is 33.3. The summed E-state index contributed by atoms with van der Waals surface area (Å²) in [4.78, 5) is 76.3. The molecule has 14 heteroatoms. The number of aliphatic hydroxyl groups is 2. The lowest BCUT2D eigenvalue weighted by Crippen LogP contribution is -2.66. The van der Waals surface area contributed by atoms with Crippen LogP contribution in [0.4, 0.5) is 8.78 Å². The van der Waals surface area contributed by atoms with Crippen LogP contribution in [0.2, 0.25) is 0 Å². The van der Waals surface area contributed by atoms with Crippen molar-refractivity contribution in [2.24, 2.45) is 28.6 Å². The Hall–Kier alpha value is -3.62. The van der Waals surface area contributed by atoms with Gasteiger partial charge in [-0.05, 0) is 69.9 Å². The average molecular weight is 635 g/mol. The van der Waals surface area contributed by atoms with Crippen molar-refractivity contribution in [3.05, 3.63) is 56.7 Å². The highest BCUT2D eigenvalue weighted by molar-refractivity contribution is 6.01. The summed E-state index contributed by atoms with van der Waals surface area (Å²) in [6, 6.07) is 0. The molecule has 5 rings (SSSR count). The molecule has 0 spiro atoms. The molecule has 45 heavy (non-hydrogen) atoms. The molecule has 3 unspecified atom stereocenters. The Morgan fingerprint density at radius 3 is 2.53 bits per heavy atom. The van der Waals surface area contributed by atoms with Crippen LogP contribution in [-0.2, 0) is 23.9 Å². The molecule has 12 nitrogen and oxygen atoms in total. The molecule has 1 heterocycles. The van der Waals surface area contributed by atoms with Gasteiger partial charge in [0.2, 0.25) is 11.7 Å². The van der Waals surface area contributed by atoms with Gasteiger partial charge < -0.3 is 24.7 Å². The van der Waals surface area contributed by atoms with Crippen molar-refractivity contribution in [3.8, 4) is 0 Å². The maximum atomic E-state index is 17.5. The number of ketones is 2. The van der Waals surface area contributed by atoms with E-state index in [2.05, 4.69) is 0 Å². The number of hydrogen-bond acceptors (Lipinski definition) is 10. The Kier molecular flexibility index (Phi) is 8.02. The third-order valence-corrected chi connectivity index (χ3v) is 10.3. The van der Waals surface area contributed by atoms with Crippen LogP contribution in [0.5, 0.6) is 0 Å². The third-order valence-electron chi connectivity index (χ3n) is 10.3. The SMILES string of the molecule is CC(C)(O)O[C@@H]1CC2C3CCC4=CC(=O)C=C[C@]4(C)[C@@]3(F)[C@@H](O)C[C@]2(C)C1C(=O)COC(=O)CC(=O)n1c(=O)[nH]cc(F)c1=O. The maximum Gasteiger partial charge on any atom is 0.335 e. The first kappa shape index (κ1) is 32.8. The number of nitrogens with zero attached hydrogens (tertiary/aromatic N) is 1. The largest absolute Gasteiger partial charge is 0.457 e. The van der Waals surface area contributed by atoms with Crippen molar-refractivity contribution in [2.75, 3.05) is 6.61 Å². The summed E-state index contributed by atoms with van der Waals surface area (Å²) in [6.07, 6.45) is 1.72. The van der Waals surface area contributed by atoms with Crippen LogP contribution in [0.25, 0.3) is 0 Å². The lowest BCUT2D eigenvalue weighted by molar-refractivity contribution is -0.217. The quantitative estimate of drug-likeness (QED) is 0.226. The van der Waals surface area contributed by atoms with Crippen molar-refractivity contribution in [1.82, 2.24) is 9.55 Å². The van der Waals surface area contributed by atoms with Gasteiger partial charge in [-0.2, -0.15) is 8.96 Å². The summed E-state index contributed by atoms with van der Waals surface area (Å²) in [6.45, 7) is 5.28. The lowest BCUT2D eigenvalue weighted by atomic mass is 9.45. The van der Waals surface area contributed by atoms with E-state index in [4.69, 9.17) is 9.47 Å². The molecule has 0 aliphatic heterocycles. The smallest absolute Gasteiger partial charge is 0.335 e. The molecule has 4 aliphatic rings. The normalized spacial score (nSPS) is 35.6. The van der Waals surface area contributed by atoms with Gasteiger partial charge in [-0.15, -0.1) is 0 Å². The van der Waals surface area contributed by atoms with E-state index >= 15 is 4.39 Å². The van der Waals surface area contributed by atoms with E-state index in [-0.39, 0.29) is 23.2 Å². The molecule has 1 aromatic rings. The van der Waals surface area contributed by atoms with Gasteiger partial charge in [0.1, 0.15) is 13.0 Å². The summed E-state index contributed by atoms with van der Waals surface area (Å²) < 4.78 is 41.9. The fourth-order valence-corrected chi connectivity index (χ4v) is 8.44. The molecule has 0 amide bonds. The zero-order valence-corrected chi connectivity index (χ0v) is 25.3. The van der Waals surface area contributed by atoms with Crippen LogP contribution < -0.4 is 11.2 Å². The standard InChI is InChI=1S/C31H36F2N2O10/c1-28(2,43)45-21-10-18-17-6-5-15-9-16(36)7-8-30(15,4)31(17,33)22(38)12-29(18,3)25(21)20(37)14-44-24(40)11-23(39)35-26(41)19(32)13-34-27(35)42/h7-9,13,17-18,21-22,25,38,43H,5-6,10-12,14H2,1-4H3,(H,34,42)/t17?,18?,21-,22+,25?,29+,30+,31+/m1/s1. The van der Waals surface area contributed by atoms with Gasteiger partial charge in [0, 0.05) is 17.5 Å². The molecule has 0 radical (unpaired) electrons. The van der Waals surface area contributed by atoms with Crippen molar-refractivity contribution in [3.63, 3.8) is 0 Å². The highest BCUT2D eigenvalue weighted by Crippen LogP contribution is 2.69. The number of aliphatic hydroxyl groups excluding tert-OH is 1. The van der Waals surface area contributed by atoms with E-state index in [0.717, 1.165) is 0 Å². The highest BCUT2D eigenvalue weighted by Gasteiger charge is 2.72. The second-order valence-corrected chi connectivity index (χ2v) is 13.4. The van der Waals surface area contributed by atoms with E-state index in [0.29, 0.717) is 24.6 Å². The molecule has 3 N–H and O–H groups in total. The molecule has 0 bridgehead atoms. The molecule has 3 fully saturated rings. The Balaban J connectivity index is 1.39. The number of halogens is 2. The van der Waals surface area contributed by atoms with Crippen molar-refractivity contribution < 1.29 is 47.6 Å². The first-order valence-corrected chi connectivity index (χ1v) is 14.8. The molecule has 4 aliphatic carbocycles. The number of aromatic nitrogens is 2. The van der Waals surface area contributed by atoms with E-state index in [9.17, 15) is 43.4 Å². The number of alkyl halides is 1. The fourth-order valence-electron chi connectivity index (χ4n) is 8.44. The van der Waals surface area contributed by atoms with Crippen LogP contribution >= 0.6 is 0 Å². The van der Waals surface area contributed by atoms with Gasteiger partial charge in [-0.3, -0.25) is 24.0 Å². The highest BCUT2D eigenvalue weighted by atomic mass is 19.1. The van der Waals surface area contributed by atoms with E-state index in [1.165, 1.54) is 32.1 Å². The summed E-state index contributed by atoms with van der Waals surface area (Å²) in [5.74, 6) is -9.02. The van der Waals surface area contributed by atoms with Crippen LogP contribution in [0, 0.1) is 34.4 Å². The van der Waals surface area contributed by atoms with Crippen LogP contribution in [-0.4, -0.2) is 73.5 Å². The van der Waals surface area contributed by atoms with Gasteiger partial charge in [-0.1, -0.05) is 18.6 Å². The number of rotatable bonds is 7. The fraction of sp³-hybridized carbons (Fsp3) is 0.613. The minimum absolute atomic E-state index is 0.0937. The number of allylic oxidation sites excluding steroid dienone is 4. The number of aromatic amines is 1. The van der Waals surface area contributed by atoms with Crippen molar-refractivity contribution in [1.29, 1.82) is 0 Å². The number of esters is 1. The zero-order valence-electron chi connectivity index (χ0n) is 25.3. The van der Waals surface area contributed by atoms with Gasteiger partial charge in [0.15, 0.2) is 23.0 Å². The Morgan fingerprint density at radius 2 is 1.87 bits per heavy atom. The average Bonchev–Trinajstić information content (AvgIpc) is 3.20. The Labute approximate surface area is 256 Å². The molecule has 244 valence electrons. The first-order valence-electron chi connectivity index (χ1n) is 14.8. The molecule has 0 aromatic carbocycles. The number of Topliss-reactive ketones (excluding diaryl/α,β-unsaturated/α-hetero) is 1. The Morgan fingerprint density at radius 1 is 1.18 bits per heavy atom. The minimum Gasteiger partial charge on any atom is -0.457 e. The van der Waals surface area contributed by atoms with Crippen LogP contribution in [0.1, 0.15) is 64.6 Å². The lowest BCUT2D eigenvalue weighted by Gasteiger charge is -2.61. The number of carbonyl (C=O) groups is 4. The molecule has 0 saturated heterocycles. The molecular formula is C31H36F2N2O10. The third kappa shape index (κ3) is 5.26. The topological polar surface area (TPSA) is 182 Å². The molecule has 1 aromatic heterocycles. The van der Waals surface area contributed by atoms with E-state index in [1.807, 2.05) is 4.98 Å². The predicted molar refractivity (Wildman–Crippen MR) is 151 cm³/mol. The summed E-state index contributed by atoms with van der Waals surface area (Å²) in [5.41, 5.74) is -6.72. The summed E-state index contributed by atoms with van der Waals surface area (Å²) in [5, 5.41) is 22.1. The second-order valence-electron chi connectivity index (χ2n) is 13.4. The second kappa shape index (κ2) is 11.0. The van der Waals surface area contributed by atoms with Gasteiger partial charge in [0.25, 0.3) is 5.56 Å². The predicted octanol–water partition coefficient (Wildman–Crippen LogP) is 1.53. The molecule has 3 saturated carbocycles. The summed E-state index contributed by atoms with van der Waals surface area (Å²) >= 11 is 0. The van der Waals surface area contributed by atoms with Crippen molar-refractivity contribution >= 4 is 23.4 Å². The van der Waals surface area contributed by atoms with Crippen LogP contribution in [0.15, 0.2) is 39.6 Å².